The molecule has 0 saturated heterocycles. The van der Waals surface area contributed by atoms with Crippen molar-refractivity contribution >= 4 is 22.6 Å². The zero-order valence-corrected chi connectivity index (χ0v) is 9.27. The Balaban J connectivity index is 3.17. The summed E-state index contributed by atoms with van der Waals surface area (Å²) < 4.78 is 1.35. The Morgan fingerprint density at radius 3 is 2.36 bits per heavy atom. The molecule has 0 atom stereocenters. The third-order valence-electron chi connectivity index (χ3n) is 1.81. The molecular formula is C10H12I. The maximum absolute atomic E-state index is 2.37. The quantitative estimate of drug-likeness (QED) is 0.676. The summed E-state index contributed by atoms with van der Waals surface area (Å²) in [6, 6.07) is 6.42. The van der Waals surface area contributed by atoms with Crippen molar-refractivity contribution < 1.29 is 0 Å². The molecular weight excluding hydrogens is 247 g/mol. The highest BCUT2D eigenvalue weighted by Gasteiger charge is 2.04. The predicted molar refractivity (Wildman–Crippen MR) is 57.6 cm³/mol. The normalized spacial score (nSPS) is 10.6. The summed E-state index contributed by atoms with van der Waals surface area (Å²) in [5, 5.41) is 0. The molecule has 59 valence electrons. The van der Waals surface area contributed by atoms with E-state index in [1.54, 1.807) is 0 Å². The van der Waals surface area contributed by atoms with Crippen LogP contribution < -0.4 is 0 Å². The van der Waals surface area contributed by atoms with Crippen molar-refractivity contribution in [2.45, 2.75) is 20.8 Å². The van der Waals surface area contributed by atoms with Crippen LogP contribution in [-0.2, 0) is 0 Å². The molecule has 0 fully saturated rings. The predicted octanol–water partition coefficient (Wildman–Crippen LogP) is 3.56. The van der Waals surface area contributed by atoms with Crippen LogP contribution in [0.3, 0.4) is 0 Å². The lowest BCUT2D eigenvalue weighted by Crippen LogP contribution is -1.93. The second-order valence-corrected chi connectivity index (χ2v) is 4.07. The van der Waals surface area contributed by atoms with Crippen molar-refractivity contribution in [3.63, 3.8) is 0 Å². The molecule has 1 radical (unpaired) electrons. The molecule has 1 aromatic carbocycles. The van der Waals surface area contributed by atoms with E-state index in [0.717, 1.165) is 0 Å². The van der Waals surface area contributed by atoms with Gasteiger partial charge in [-0.05, 0) is 52.6 Å². The molecule has 0 aliphatic rings. The van der Waals surface area contributed by atoms with Gasteiger partial charge in [-0.3, -0.25) is 0 Å². The highest BCUT2D eigenvalue weighted by molar-refractivity contribution is 14.1. The van der Waals surface area contributed by atoms with Gasteiger partial charge in [-0.15, -0.1) is 0 Å². The molecule has 1 aromatic rings. The number of rotatable bonds is 1. The molecule has 0 N–H and O–H groups in total. The first kappa shape index (κ1) is 9.04. The van der Waals surface area contributed by atoms with Crippen molar-refractivity contribution in [2.75, 3.05) is 0 Å². The van der Waals surface area contributed by atoms with E-state index in [-0.39, 0.29) is 0 Å². The second-order valence-electron chi connectivity index (χ2n) is 2.91. The van der Waals surface area contributed by atoms with Gasteiger partial charge in [0.05, 0.1) is 0 Å². The number of benzene rings is 1. The molecule has 0 amide bonds. The Hall–Kier alpha value is -0.0500. The van der Waals surface area contributed by atoms with Gasteiger partial charge in [0, 0.05) is 3.57 Å². The van der Waals surface area contributed by atoms with Crippen molar-refractivity contribution in [2.24, 2.45) is 0 Å². The summed E-state index contributed by atoms with van der Waals surface area (Å²) >= 11 is 2.37. The van der Waals surface area contributed by atoms with Crippen LogP contribution in [0.15, 0.2) is 18.2 Å². The van der Waals surface area contributed by atoms with Crippen LogP contribution in [0.2, 0.25) is 0 Å². The van der Waals surface area contributed by atoms with Gasteiger partial charge in [0.2, 0.25) is 0 Å². The largest absolute Gasteiger partial charge is 0.0609 e. The van der Waals surface area contributed by atoms with E-state index < -0.39 is 0 Å². The molecule has 0 heterocycles. The lowest BCUT2D eigenvalue weighted by Gasteiger charge is -2.09. The molecule has 0 bridgehead atoms. The Morgan fingerprint density at radius 1 is 1.27 bits per heavy atom. The summed E-state index contributed by atoms with van der Waals surface area (Å²) in [6.07, 6.45) is 0. The van der Waals surface area contributed by atoms with Gasteiger partial charge in [-0.2, -0.15) is 0 Å². The van der Waals surface area contributed by atoms with Crippen LogP contribution >= 0.6 is 22.6 Å². The Morgan fingerprint density at radius 2 is 1.91 bits per heavy atom. The SMILES string of the molecule is C[C](C)c1cccc(I)c1C. The minimum Gasteiger partial charge on any atom is -0.0609 e. The molecule has 0 spiro atoms. The molecule has 0 aliphatic heterocycles. The smallest absolute Gasteiger partial charge is 0.0162 e. The van der Waals surface area contributed by atoms with Gasteiger partial charge in [0.25, 0.3) is 0 Å². The van der Waals surface area contributed by atoms with E-state index in [1.807, 2.05) is 0 Å². The fraction of sp³-hybridized carbons (Fsp3) is 0.300. The summed E-state index contributed by atoms with van der Waals surface area (Å²) in [6.45, 7) is 6.47. The van der Waals surface area contributed by atoms with Gasteiger partial charge in [-0.1, -0.05) is 26.0 Å². The molecule has 11 heavy (non-hydrogen) atoms. The number of hydrogen-bond donors (Lipinski definition) is 0. The summed E-state index contributed by atoms with van der Waals surface area (Å²) in [5.41, 5.74) is 2.78. The molecule has 0 aliphatic carbocycles. The highest BCUT2D eigenvalue weighted by atomic mass is 127. The van der Waals surface area contributed by atoms with Gasteiger partial charge in [-0.25, -0.2) is 0 Å². The zero-order chi connectivity index (χ0) is 8.43. The highest BCUT2D eigenvalue weighted by Crippen LogP contribution is 2.21. The minimum absolute atomic E-state index is 1.35. The first-order valence-corrected chi connectivity index (χ1v) is 4.76. The fourth-order valence-electron chi connectivity index (χ4n) is 1.15. The monoisotopic (exact) mass is 259 g/mol. The van der Waals surface area contributed by atoms with Gasteiger partial charge in [0.1, 0.15) is 0 Å². The van der Waals surface area contributed by atoms with E-state index in [0.29, 0.717) is 0 Å². The third kappa shape index (κ3) is 1.95. The maximum atomic E-state index is 2.37. The maximum Gasteiger partial charge on any atom is 0.0162 e. The van der Waals surface area contributed by atoms with Crippen LogP contribution in [0.1, 0.15) is 25.0 Å². The van der Waals surface area contributed by atoms with E-state index in [1.165, 1.54) is 20.6 Å². The average Bonchev–Trinajstić information content (AvgIpc) is 1.94. The van der Waals surface area contributed by atoms with Gasteiger partial charge >= 0.3 is 0 Å². The summed E-state index contributed by atoms with van der Waals surface area (Å²) in [4.78, 5) is 0. The fourth-order valence-corrected chi connectivity index (χ4v) is 1.65. The molecule has 1 rings (SSSR count). The van der Waals surface area contributed by atoms with Crippen molar-refractivity contribution in [1.29, 1.82) is 0 Å². The average molecular weight is 259 g/mol. The standard InChI is InChI=1S/C10H12I/c1-7(2)9-5-4-6-10(11)8(9)3/h4-6H,1-3H3. The molecule has 0 saturated carbocycles. The summed E-state index contributed by atoms with van der Waals surface area (Å²) in [5.74, 6) is 1.39. The Kier molecular flexibility index (Phi) is 2.93. The topological polar surface area (TPSA) is 0 Å². The van der Waals surface area contributed by atoms with Gasteiger partial charge < -0.3 is 0 Å². The van der Waals surface area contributed by atoms with Crippen molar-refractivity contribution in [3.05, 3.63) is 38.8 Å². The van der Waals surface area contributed by atoms with Crippen LogP contribution in [0.25, 0.3) is 0 Å². The molecule has 1 heteroatoms. The van der Waals surface area contributed by atoms with Crippen LogP contribution in [0.4, 0.5) is 0 Å². The van der Waals surface area contributed by atoms with E-state index in [2.05, 4.69) is 61.6 Å². The second kappa shape index (κ2) is 3.57. The molecule has 0 nitrogen and oxygen atoms in total. The lowest BCUT2D eigenvalue weighted by atomic mass is 9.98. The van der Waals surface area contributed by atoms with Crippen LogP contribution in [0, 0.1) is 16.4 Å². The minimum atomic E-state index is 1.35. The third-order valence-corrected chi connectivity index (χ3v) is 2.98. The van der Waals surface area contributed by atoms with Crippen LogP contribution in [0.5, 0.6) is 0 Å². The molecule has 0 unspecified atom stereocenters. The summed E-state index contributed by atoms with van der Waals surface area (Å²) in [7, 11) is 0. The first-order valence-electron chi connectivity index (χ1n) is 3.68. The zero-order valence-electron chi connectivity index (χ0n) is 7.11. The number of hydrogen-bond acceptors (Lipinski definition) is 0. The van der Waals surface area contributed by atoms with Crippen LogP contribution in [-0.4, -0.2) is 0 Å². The van der Waals surface area contributed by atoms with E-state index in [9.17, 15) is 0 Å². The van der Waals surface area contributed by atoms with Crippen molar-refractivity contribution in [3.8, 4) is 0 Å². The Labute approximate surface area is 82.2 Å². The first-order chi connectivity index (χ1) is 5.13. The van der Waals surface area contributed by atoms with Crippen molar-refractivity contribution in [1.82, 2.24) is 0 Å². The van der Waals surface area contributed by atoms with E-state index in [4.69, 9.17) is 0 Å². The number of halogens is 1. The van der Waals surface area contributed by atoms with Gasteiger partial charge in [0.15, 0.2) is 0 Å². The lowest BCUT2D eigenvalue weighted by molar-refractivity contribution is 1.12. The molecule has 0 aromatic heterocycles. The van der Waals surface area contributed by atoms with E-state index >= 15 is 0 Å². The Bertz CT molecular complexity index is 251.